The number of esters is 4. The lowest BCUT2D eigenvalue weighted by Crippen LogP contribution is -1.96. The van der Waals surface area contributed by atoms with Gasteiger partial charge in [0.05, 0.1) is 22.3 Å². The second-order valence-electron chi connectivity index (χ2n) is 7.07. The fourth-order valence-electron chi connectivity index (χ4n) is 3.58. The number of fused-ring (bicyclic) bond motifs is 3. The number of cyclic esters (lactones) is 4. The van der Waals surface area contributed by atoms with Crippen molar-refractivity contribution in [3.05, 3.63) is 106 Å². The molecule has 2 aliphatic heterocycles. The molecule has 6 heteroatoms. The van der Waals surface area contributed by atoms with Crippen LogP contribution in [0.4, 0.5) is 0 Å². The summed E-state index contributed by atoms with van der Waals surface area (Å²) in [6.45, 7) is 0. The zero-order valence-corrected chi connectivity index (χ0v) is 16.5. The normalized spacial score (nSPS) is 14.8. The van der Waals surface area contributed by atoms with E-state index >= 15 is 0 Å². The van der Waals surface area contributed by atoms with Crippen LogP contribution in [0.3, 0.4) is 0 Å². The SMILES string of the molecule is O=C1OC(=O)c2ccccc21.O=C1OC(=O)c2ccccc21.c1ccc2c(c1)CCC2. The van der Waals surface area contributed by atoms with E-state index in [1.54, 1.807) is 59.7 Å². The highest BCUT2D eigenvalue weighted by molar-refractivity contribution is 6.15. The Bertz CT molecular complexity index is 1040. The Balaban J connectivity index is 0.000000113. The average molecular weight is 414 g/mol. The van der Waals surface area contributed by atoms with Crippen LogP contribution in [-0.2, 0) is 22.3 Å². The summed E-state index contributed by atoms with van der Waals surface area (Å²) in [7, 11) is 0. The summed E-state index contributed by atoms with van der Waals surface area (Å²) in [6, 6.07) is 21.8. The summed E-state index contributed by atoms with van der Waals surface area (Å²) in [6.07, 6.45) is 3.96. The summed E-state index contributed by atoms with van der Waals surface area (Å²) in [5.74, 6) is -2.20. The molecule has 0 aromatic heterocycles. The van der Waals surface area contributed by atoms with E-state index in [2.05, 4.69) is 33.7 Å². The molecule has 3 aromatic carbocycles. The van der Waals surface area contributed by atoms with Crippen LogP contribution < -0.4 is 0 Å². The first-order valence-electron chi connectivity index (χ1n) is 9.82. The number of rotatable bonds is 0. The summed E-state index contributed by atoms with van der Waals surface area (Å²) >= 11 is 0. The van der Waals surface area contributed by atoms with Crippen LogP contribution in [0.5, 0.6) is 0 Å². The third-order valence-corrected chi connectivity index (χ3v) is 5.12. The summed E-state index contributed by atoms with van der Waals surface area (Å²) in [4.78, 5) is 43.3. The molecule has 0 saturated heterocycles. The molecule has 0 fully saturated rings. The van der Waals surface area contributed by atoms with Crippen LogP contribution in [0.15, 0.2) is 72.8 Å². The number of aryl methyl sites for hydroxylation is 2. The molecule has 31 heavy (non-hydrogen) atoms. The number of carbonyl (C=O) groups is 4. The van der Waals surface area contributed by atoms with Crippen molar-refractivity contribution >= 4 is 23.9 Å². The summed E-state index contributed by atoms with van der Waals surface area (Å²) < 4.78 is 8.71. The van der Waals surface area contributed by atoms with Crippen LogP contribution in [0.25, 0.3) is 0 Å². The molecule has 2 heterocycles. The highest BCUT2D eigenvalue weighted by Gasteiger charge is 2.29. The van der Waals surface area contributed by atoms with E-state index in [0.29, 0.717) is 22.3 Å². The molecule has 3 aromatic rings. The Morgan fingerprint density at radius 1 is 0.452 bits per heavy atom. The van der Waals surface area contributed by atoms with E-state index in [9.17, 15) is 19.2 Å². The number of hydrogen-bond donors (Lipinski definition) is 0. The van der Waals surface area contributed by atoms with Gasteiger partial charge in [-0.1, -0.05) is 48.5 Å². The molecule has 0 unspecified atom stereocenters. The largest absolute Gasteiger partial charge is 0.386 e. The van der Waals surface area contributed by atoms with Crippen molar-refractivity contribution in [1.29, 1.82) is 0 Å². The maximum Gasteiger partial charge on any atom is 0.346 e. The van der Waals surface area contributed by atoms with Crippen molar-refractivity contribution < 1.29 is 28.7 Å². The second-order valence-corrected chi connectivity index (χ2v) is 7.07. The van der Waals surface area contributed by atoms with Crippen molar-refractivity contribution in [1.82, 2.24) is 0 Å². The highest BCUT2D eigenvalue weighted by Crippen LogP contribution is 2.20. The molecular weight excluding hydrogens is 396 g/mol. The number of ether oxygens (including phenoxy) is 2. The molecule has 6 rings (SSSR count). The quantitative estimate of drug-likeness (QED) is 0.405. The van der Waals surface area contributed by atoms with Gasteiger partial charge in [0, 0.05) is 0 Å². The molecule has 154 valence electrons. The summed E-state index contributed by atoms with van der Waals surface area (Å²) in [5, 5.41) is 0. The molecular formula is C25H18O6. The average Bonchev–Trinajstić information content (AvgIpc) is 3.47. The number of carbonyl (C=O) groups excluding carboxylic acids is 4. The molecule has 0 bridgehead atoms. The third kappa shape index (κ3) is 4.28. The minimum absolute atomic E-state index is 0.359. The monoisotopic (exact) mass is 414 g/mol. The number of benzene rings is 3. The Morgan fingerprint density at radius 3 is 1.06 bits per heavy atom. The zero-order valence-electron chi connectivity index (χ0n) is 16.5. The van der Waals surface area contributed by atoms with Gasteiger partial charge in [-0.15, -0.1) is 0 Å². The van der Waals surface area contributed by atoms with Gasteiger partial charge in [-0.05, 0) is 54.7 Å². The zero-order chi connectivity index (χ0) is 21.8. The molecule has 0 N–H and O–H groups in total. The van der Waals surface area contributed by atoms with E-state index in [0.717, 1.165) is 0 Å². The molecule has 0 saturated carbocycles. The predicted octanol–water partition coefficient (Wildman–Crippen LogP) is 4.17. The second kappa shape index (κ2) is 8.75. The van der Waals surface area contributed by atoms with Gasteiger partial charge in [0.2, 0.25) is 0 Å². The van der Waals surface area contributed by atoms with Gasteiger partial charge in [0.25, 0.3) is 0 Å². The smallest absolute Gasteiger partial charge is 0.346 e. The van der Waals surface area contributed by atoms with E-state index in [1.165, 1.54) is 19.3 Å². The van der Waals surface area contributed by atoms with Gasteiger partial charge >= 0.3 is 23.9 Å². The van der Waals surface area contributed by atoms with E-state index in [4.69, 9.17) is 0 Å². The maximum atomic E-state index is 10.8. The first-order chi connectivity index (χ1) is 15.0. The van der Waals surface area contributed by atoms with Crippen molar-refractivity contribution in [2.75, 3.05) is 0 Å². The van der Waals surface area contributed by atoms with Gasteiger partial charge in [0.1, 0.15) is 0 Å². The lowest BCUT2D eigenvalue weighted by molar-refractivity contribution is 0.0425. The standard InChI is InChI=1S/C9H10.2C8H4O3/c1-2-5-9-7-3-6-8(9)4-1;2*9-7-5-3-1-2-4-6(5)8(10)11-7/h1-2,4-5H,3,6-7H2;2*1-4H. The Labute approximate surface area is 178 Å². The van der Waals surface area contributed by atoms with Crippen LogP contribution in [-0.4, -0.2) is 23.9 Å². The molecule has 1 aliphatic carbocycles. The van der Waals surface area contributed by atoms with Crippen LogP contribution in [0, 0.1) is 0 Å². The first-order valence-corrected chi connectivity index (χ1v) is 9.82. The molecule has 0 atom stereocenters. The molecule has 6 nitrogen and oxygen atoms in total. The highest BCUT2D eigenvalue weighted by atomic mass is 16.6. The van der Waals surface area contributed by atoms with Crippen molar-refractivity contribution in [3.63, 3.8) is 0 Å². The van der Waals surface area contributed by atoms with Crippen molar-refractivity contribution in [2.24, 2.45) is 0 Å². The molecule has 0 amide bonds. The minimum atomic E-state index is -0.550. The van der Waals surface area contributed by atoms with Crippen LogP contribution >= 0.6 is 0 Å². The van der Waals surface area contributed by atoms with Crippen LogP contribution in [0.2, 0.25) is 0 Å². The Kier molecular flexibility index (Phi) is 5.71. The fraction of sp³-hybridized carbons (Fsp3) is 0.120. The number of hydrogen-bond acceptors (Lipinski definition) is 6. The Hall–Kier alpha value is -4.06. The predicted molar refractivity (Wildman–Crippen MR) is 111 cm³/mol. The van der Waals surface area contributed by atoms with Gasteiger partial charge in [-0.3, -0.25) is 0 Å². The first kappa shape index (κ1) is 20.2. The maximum absolute atomic E-state index is 10.8. The van der Waals surface area contributed by atoms with Gasteiger partial charge in [-0.2, -0.15) is 0 Å². The molecule has 3 aliphatic rings. The van der Waals surface area contributed by atoms with E-state index < -0.39 is 23.9 Å². The van der Waals surface area contributed by atoms with Gasteiger partial charge in [0.15, 0.2) is 0 Å². The topological polar surface area (TPSA) is 86.7 Å². The molecule has 0 spiro atoms. The molecule has 0 radical (unpaired) electrons. The fourth-order valence-corrected chi connectivity index (χ4v) is 3.58. The Morgan fingerprint density at radius 2 is 0.742 bits per heavy atom. The minimum Gasteiger partial charge on any atom is -0.386 e. The van der Waals surface area contributed by atoms with E-state index in [-0.39, 0.29) is 0 Å². The van der Waals surface area contributed by atoms with Gasteiger partial charge < -0.3 is 9.47 Å². The van der Waals surface area contributed by atoms with Gasteiger partial charge in [-0.25, -0.2) is 19.2 Å². The lowest BCUT2D eigenvalue weighted by Gasteiger charge is -1.93. The lowest BCUT2D eigenvalue weighted by atomic mass is 10.1. The third-order valence-electron chi connectivity index (χ3n) is 5.12. The van der Waals surface area contributed by atoms with E-state index in [1.807, 2.05) is 0 Å². The van der Waals surface area contributed by atoms with Crippen molar-refractivity contribution in [2.45, 2.75) is 19.3 Å². The van der Waals surface area contributed by atoms with Crippen molar-refractivity contribution in [3.8, 4) is 0 Å². The summed E-state index contributed by atoms with van der Waals surface area (Å²) in [5.41, 5.74) is 4.57. The van der Waals surface area contributed by atoms with Crippen LogP contribution in [0.1, 0.15) is 59.0 Å².